The minimum atomic E-state index is -0.904. The van der Waals surface area contributed by atoms with Gasteiger partial charge in [0.1, 0.15) is 12.1 Å². The van der Waals surface area contributed by atoms with Crippen molar-refractivity contribution in [3.63, 3.8) is 0 Å². The molecule has 0 saturated carbocycles. The lowest BCUT2D eigenvalue weighted by atomic mass is 9.85. The van der Waals surface area contributed by atoms with Gasteiger partial charge in [0.2, 0.25) is 11.8 Å². The zero-order valence-corrected chi connectivity index (χ0v) is 22.8. The van der Waals surface area contributed by atoms with Gasteiger partial charge in [-0.3, -0.25) is 19.4 Å². The van der Waals surface area contributed by atoms with E-state index < -0.39 is 35.4 Å². The Morgan fingerprint density at radius 2 is 1.92 bits per heavy atom. The Balaban J connectivity index is 1.43. The van der Waals surface area contributed by atoms with Crippen molar-refractivity contribution in [2.45, 2.75) is 58.8 Å². The van der Waals surface area contributed by atoms with E-state index in [1.54, 1.807) is 29.7 Å². The van der Waals surface area contributed by atoms with Crippen LogP contribution < -0.4 is 10.6 Å². The minimum absolute atomic E-state index is 0.0230. The fourth-order valence-corrected chi connectivity index (χ4v) is 5.30. The number of benzene rings is 1. The second-order valence-corrected chi connectivity index (χ2v) is 11.4. The number of amides is 3. The predicted molar refractivity (Wildman–Crippen MR) is 145 cm³/mol. The first kappa shape index (κ1) is 27.4. The van der Waals surface area contributed by atoms with Crippen molar-refractivity contribution in [2.75, 3.05) is 6.54 Å². The molecule has 38 heavy (non-hydrogen) atoms. The molecule has 1 aliphatic rings. The lowest BCUT2D eigenvalue weighted by Crippen LogP contribution is -2.57. The summed E-state index contributed by atoms with van der Waals surface area (Å²) in [4.78, 5) is 50.4. The number of carbonyl (C=O) groups is 3. The van der Waals surface area contributed by atoms with Gasteiger partial charge in [-0.25, -0.2) is 4.98 Å². The summed E-state index contributed by atoms with van der Waals surface area (Å²) in [5, 5.41) is 16.1. The number of thiazole rings is 1. The Bertz CT molecular complexity index is 1290. The number of rotatable bonds is 7. The standard InChI is InChI=1S/C28H33N5O4S/c1-17-23(38-16-31-17)19-9-7-18(8-10-19)13-30-26(36)22-12-21(34)15-33(22)27(37)24(28(2,3)4)32-25(35)20-6-5-11-29-14-20/h5-11,14,16,21-22,24,34H,12-13,15H2,1-4H3,(H,30,36)(H,32,35)/t21-,22+,24?/m1/s1. The first-order valence-electron chi connectivity index (χ1n) is 12.5. The van der Waals surface area contributed by atoms with Crippen LogP contribution in [0.2, 0.25) is 0 Å². The number of aliphatic hydroxyl groups is 1. The Labute approximate surface area is 226 Å². The molecule has 9 nitrogen and oxygen atoms in total. The highest BCUT2D eigenvalue weighted by Gasteiger charge is 2.44. The topological polar surface area (TPSA) is 125 Å². The maximum Gasteiger partial charge on any atom is 0.253 e. The number of nitrogens with one attached hydrogen (secondary N) is 2. The minimum Gasteiger partial charge on any atom is -0.391 e. The second kappa shape index (κ2) is 11.4. The molecule has 3 N–H and O–H groups in total. The second-order valence-electron chi connectivity index (χ2n) is 10.6. The molecule has 1 aliphatic heterocycles. The van der Waals surface area contributed by atoms with E-state index in [0.717, 1.165) is 21.7 Å². The lowest BCUT2D eigenvalue weighted by molar-refractivity contribution is -0.142. The summed E-state index contributed by atoms with van der Waals surface area (Å²) >= 11 is 1.58. The van der Waals surface area contributed by atoms with Crippen molar-refractivity contribution in [3.8, 4) is 10.4 Å². The Morgan fingerprint density at radius 1 is 1.18 bits per heavy atom. The Morgan fingerprint density at radius 3 is 2.53 bits per heavy atom. The molecule has 2 aromatic heterocycles. The highest BCUT2D eigenvalue weighted by atomic mass is 32.1. The van der Waals surface area contributed by atoms with Gasteiger partial charge >= 0.3 is 0 Å². The normalized spacial score (nSPS) is 18.2. The molecular weight excluding hydrogens is 502 g/mol. The van der Waals surface area contributed by atoms with Gasteiger partial charge in [0.15, 0.2) is 0 Å². The molecule has 0 aliphatic carbocycles. The third-order valence-electron chi connectivity index (χ3n) is 6.61. The molecule has 1 unspecified atom stereocenters. The summed E-state index contributed by atoms with van der Waals surface area (Å²) < 4.78 is 0. The van der Waals surface area contributed by atoms with Gasteiger partial charge in [-0.15, -0.1) is 11.3 Å². The van der Waals surface area contributed by atoms with Crippen molar-refractivity contribution in [3.05, 3.63) is 71.1 Å². The van der Waals surface area contributed by atoms with Crippen molar-refractivity contribution in [1.82, 2.24) is 25.5 Å². The van der Waals surface area contributed by atoms with Gasteiger partial charge in [-0.2, -0.15) is 0 Å². The van der Waals surface area contributed by atoms with Crippen LogP contribution in [0.4, 0.5) is 0 Å². The zero-order valence-electron chi connectivity index (χ0n) is 22.0. The van der Waals surface area contributed by atoms with Gasteiger partial charge in [0.25, 0.3) is 5.91 Å². The van der Waals surface area contributed by atoms with E-state index in [1.807, 2.05) is 57.5 Å². The first-order chi connectivity index (χ1) is 18.0. The van der Waals surface area contributed by atoms with Crippen LogP contribution in [0.25, 0.3) is 10.4 Å². The average molecular weight is 536 g/mol. The number of aryl methyl sites for hydroxylation is 1. The molecule has 1 aromatic carbocycles. The van der Waals surface area contributed by atoms with E-state index in [1.165, 1.54) is 11.1 Å². The van der Waals surface area contributed by atoms with Crippen LogP contribution in [-0.2, 0) is 16.1 Å². The Hall–Kier alpha value is -3.63. The lowest BCUT2D eigenvalue weighted by Gasteiger charge is -2.35. The van der Waals surface area contributed by atoms with Crippen LogP contribution >= 0.6 is 11.3 Å². The van der Waals surface area contributed by atoms with E-state index in [-0.39, 0.29) is 25.4 Å². The van der Waals surface area contributed by atoms with E-state index in [2.05, 4.69) is 20.6 Å². The van der Waals surface area contributed by atoms with Crippen molar-refractivity contribution in [2.24, 2.45) is 5.41 Å². The van der Waals surface area contributed by atoms with E-state index in [0.29, 0.717) is 5.56 Å². The highest BCUT2D eigenvalue weighted by Crippen LogP contribution is 2.28. The Kier molecular flexibility index (Phi) is 8.23. The molecule has 3 amide bonds. The number of β-amino-alcohol motifs (C(OH)–C–C–N with tert-alkyl or cyclic N) is 1. The van der Waals surface area contributed by atoms with Crippen molar-refractivity contribution in [1.29, 1.82) is 0 Å². The van der Waals surface area contributed by atoms with Gasteiger partial charge in [0.05, 0.1) is 27.7 Å². The summed E-state index contributed by atoms with van der Waals surface area (Å²) in [5.74, 6) is -1.18. The van der Waals surface area contributed by atoms with Crippen molar-refractivity contribution < 1.29 is 19.5 Å². The summed E-state index contributed by atoms with van der Waals surface area (Å²) in [7, 11) is 0. The maximum atomic E-state index is 13.7. The number of hydrogen-bond acceptors (Lipinski definition) is 7. The zero-order chi connectivity index (χ0) is 27.4. The molecule has 3 heterocycles. The fourth-order valence-electron chi connectivity index (χ4n) is 4.49. The van der Waals surface area contributed by atoms with Crippen LogP contribution in [0.1, 0.15) is 48.8 Å². The number of aromatic nitrogens is 2. The SMILES string of the molecule is Cc1ncsc1-c1ccc(CNC(=O)[C@@H]2C[C@@H](O)CN2C(=O)C(NC(=O)c2cccnc2)C(C)(C)C)cc1. The molecule has 1 fully saturated rings. The van der Waals surface area contributed by atoms with Crippen LogP contribution in [-0.4, -0.2) is 62.4 Å². The molecule has 3 atom stereocenters. The monoisotopic (exact) mass is 535 g/mol. The summed E-state index contributed by atoms with van der Waals surface area (Å²) in [6, 6.07) is 9.42. The number of hydrogen-bond donors (Lipinski definition) is 3. The molecule has 1 saturated heterocycles. The summed E-state index contributed by atoms with van der Waals surface area (Å²) in [6.07, 6.45) is 2.30. The van der Waals surface area contributed by atoms with Crippen LogP contribution in [0, 0.1) is 12.3 Å². The van der Waals surface area contributed by atoms with E-state index >= 15 is 0 Å². The van der Waals surface area contributed by atoms with Gasteiger partial charge in [-0.1, -0.05) is 45.0 Å². The third-order valence-corrected chi connectivity index (χ3v) is 7.58. The smallest absolute Gasteiger partial charge is 0.253 e. The number of aliphatic hydroxyl groups excluding tert-OH is 1. The number of carbonyl (C=O) groups excluding carboxylic acids is 3. The molecule has 0 bridgehead atoms. The van der Waals surface area contributed by atoms with E-state index in [9.17, 15) is 19.5 Å². The van der Waals surface area contributed by atoms with Crippen LogP contribution in [0.15, 0.2) is 54.3 Å². The molecular formula is C28H33N5O4S. The fraction of sp³-hybridized carbons (Fsp3) is 0.393. The number of pyridine rings is 1. The van der Waals surface area contributed by atoms with Crippen molar-refractivity contribution >= 4 is 29.1 Å². The van der Waals surface area contributed by atoms with Gasteiger partial charge in [0, 0.05) is 31.9 Å². The summed E-state index contributed by atoms with van der Waals surface area (Å²) in [5.41, 5.74) is 4.47. The highest BCUT2D eigenvalue weighted by molar-refractivity contribution is 7.13. The molecule has 3 aromatic rings. The maximum absolute atomic E-state index is 13.7. The number of likely N-dealkylation sites (tertiary alicyclic amines) is 1. The average Bonchev–Trinajstić information content (AvgIpc) is 3.50. The van der Waals surface area contributed by atoms with Crippen LogP contribution in [0.5, 0.6) is 0 Å². The third kappa shape index (κ3) is 6.25. The van der Waals surface area contributed by atoms with Gasteiger partial charge < -0.3 is 20.6 Å². The first-order valence-corrected chi connectivity index (χ1v) is 13.4. The largest absolute Gasteiger partial charge is 0.391 e. The predicted octanol–water partition coefficient (Wildman–Crippen LogP) is 2.94. The van der Waals surface area contributed by atoms with Gasteiger partial charge in [-0.05, 0) is 35.6 Å². The number of nitrogens with zero attached hydrogens (tertiary/aromatic N) is 3. The molecule has 10 heteroatoms. The van der Waals surface area contributed by atoms with Crippen LogP contribution in [0.3, 0.4) is 0 Å². The van der Waals surface area contributed by atoms with E-state index in [4.69, 9.17) is 0 Å². The molecule has 4 rings (SSSR count). The summed E-state index contributed by atoms with van der Waals surface area (Å²) in [6.45, 7) is 7.82. The molecule has 0 radical (unpaired) electrons. The molecule has 0 spiro atoms. The molecule has 200 valence electrons. The quantitative estimate of drug-likeness (QED) is 0.427.